The molecule has 1 aliphatic rings. The average molecular weight is 370 g/mol. The second kappa shape index (κ2) is 8.64. The third-order valence-corrected chi connectivity index (χ3v) is 6.10. The quantitative estimate of drug-likeness (QED) is 0.781. The molecule has 1 aromatic rings. The van der Waals surface area contributed by atoms with Crippen LogP contribution in [0.2, 0.25) is 0 Å². The van der Waals surface area contributed by atoms with Crippen molar-refractivity contribution in [2.75, 3.05) is 32.9 Å². The highest BCUT2D eigenvalue weighted by Gasteiger charge is 2.26. The number of benzene rings is 1. The van der Waals surface area contributed by atoms with Crippen molar-refractivity contribution in [2.45, 2.75) is 31.7 Å². The zero-order valence-corrected chi connectivity index (χ0v) is 15.7. The number of amides is 1. The summed E-state index contributed by atoms with van der Waals surface area (Å²) in [6.45, 7) is 7.41. The first kappa shape index (κ1) is 19.7. The monoisotopic (exact) mass is 370 g/mol. The van der Waals surface area contributed by atoms with Gasteiger partial charge in [-0.1, -0.05) is 13.8 Å². The second-order valence-electron chi connectivity index (χ2n) is 6.38. The van der Waals surface area contributed by atoms with E-state index < -0.39 is 10.0 Å². The lowest BCUT2D eigenvalue weighted by Crippen LogP contribution is -2.40. The molecule has 7 nitrogen and oxygen atoms in total. The minimum atomic E-state index is -3.52. The molecule has 0 aliphatic carbocycles. The Balaban J connectivity index is 1.92. The standard InChI is InChI=1S/C17H26N2O5S/c1-13(2)14(3)18-17(20)12-24-15-4-6-16(7-5-15)25(21,22)19-8-10-23-11-9-19/h4-7,13-14H,8-12H2,1-3H3,(H,18,20)/t14-/m0/s1. The van der Waals surface area contributed by atoms with Crippen molar-refractivity contribution in [1.29, 1.82) is 0 Å². The maximum atomic E-state index is 12.5. The minimum absolute atomic E-state index is 0.0668. The van der Waals surface area contributed by atoms with Gasteiger partial charge in [0.2, 0.25) is 10.0 Å². The van der Waals surface area contributed by atoms with E-state index in [0.29, 0.717) is 38.0 Å². The number of nitrogens with zero attached hydrogens (tertiary/aromatic N) is 1. The number of sulfonamides is 1. The highest BCUT2D eigenvalue weighted by atomic mass is 32.2. The molecule has 1 heterocycles. The number of carbonyl (C=O) groups excluding carboxylic acids is 1. The molecule has 1 aliphatic heterocycles. The molecular formula is C17H26N2O5S. The number of ether oxygens (including phenoxy) is 2. The van der Waals surface area contributed by atoms with Crippen LogP contribution in [0.3, 0.4) is 0 Å². The third kappa shape index (κ3) is 5.42. The molecule has 1 aromatic carbocycles. The third-order valence-electron chi connectivity index (χ3n) is 4.19. The lowest BCUT2D eigenvalue weighted by molar-refractivity contribution is -0.124. The lowest BCUT2D eigenvalue weighted by Gasteiger charge is -2.26. The Bertz CT molecular complexity index is 667. The minimum Gasteiger partial charge on any atom is -0.484 e. The predicted molar refractivity (Wildman–Crippen MR) is 94.0 cm³/mol. The summed E-state index contributed by atoms with van der Waals surface area (Å²) in [5.41, 5.74) is 0. The van der Waals surface area contributed by atoms with Gasteiger partial charge in [0.1, 0.15) is 5.75 Å². The van der Waals surface area contributed by atoms with E-state index >= 15 is 0 Å². The summed E-state index contributed by atoms with van der Waals surface area (Å²) in [5.74, 6) is 0.591. The van der Waals surface area contributed by atoms with Gasteiger partial charge in [-0.15, -0.1) is 0 Å². The smallest absolute Gasteiger partial charge is 0.258 e. The van der Waals surface area contributed by atoms with Crippen molar-refractivity contribution in [1.82, 2.24) is 9.62 Å². The summed E-state index contributed by atoms with van der Waals surface area (Å²) < 4.78 is 37.0. The van der Waals surface area contributed by atoms with Crippen LogP contribution in [-0.2, 0) is 19.6 Å². The van der Waals surface area contributed by atoms with Crippen LogP contribution in [0, 0.1) is 5.92 Å². The molecule has 140 valence electrons. The Labute approximate surface area is 149 Å². The molecule has 0 spiro atoms. The number of carbonyl (C=O) groups is 1. The Morgan fingerprint density at radius 1 is 1.20 bits per heavy atom. The fraction of sp³-hybridized carbons (Fsp3) is 0.588. The van der Waals surface area contributed by atoms with Crippen molar-refractivity contribution < 1.29 is 22.7 Å². The van der Waals surface area contributed by atoms with E-state index in [0.717, 1.165) is 0 Å². The van der Waals surface area contributed by atoms with E-state index in [1.165, 1.54) is 16.4 Å². The number of rotatable bonds is 7. The van der Waals surface area contributed by atoms with Crippen molar-refractivity contribution >= 4 is 15.9 Å². The van der Waals surface area contributed by atoms with Crippen LogP contribution in [0.25, 0.3) is 0 Å². The molecule has 1 N–H and O–H groups in total. The first-order valence-electron chi connectivity index (χ1n) is 8.41. The summed E-state index contributed by atoms with van der Waals surface area (Å²) >= 11 is 0. The summed E-state index contributed by atoms with van der Waals surface area (Å²) in [6, 6.07) is 6.18. The van der Waals surface area contributed by atoms with Crippen LogP contribution in [0.15, 0.2) is 29.2 Å². The van der Waals surface area contributed by atoms with Gasteiger partial charge in [0.15, 0.2) is 6.61 Å². The van der Waals surface area contributed by atoms with Crippen LogP contribution in [0.5, 0.6) is 5.75 Å². The summed E-state index contributed by atoms with van der Waals surface area (Å²) in [4.78, 5) is 12.0. The normalized spacial score (nSPS) is 17.3. The molecule has 0 bridgehead atoms. The topological polar surface area (TPSA) is 84.9 Å². The zero-order valence-electron chi connectivity index (χ0n) is 14.9. The van der Waals surface area contributed by atoms with E-state index in [1.54, 1.807) is 12.1 Å². The molecule has 25 heavy (non-hydrogen) atoms. The number of hydrogen-bond acceptors (Lipinski definition) is 5. The molecule has 2 rings (SSSR count). The SMILES string of the molecule is CC(C)[C@H](C)NC(=O)COc1ccc(S(=O)(=O)N2CCOCC2)cc1. The van der Waals surface area contributed by atoms with Crippen molar-refractivity contribution in [3.8, 4) is 5.75 Å². The summed E-state index contributed by atoms with van der Waals surface area (Å²) in [7, 11) is -3.52. The summed E-state index contributed by atoms with van der Waals surface area (Å²) in [5, 5.41) is 2.85. The van der Waals surface area contributed by atoms with Crippen LogP contribution < -0.4 is 10.1 Å². The number of morpholine rings is 1. The Morgan fingerprint density at radius 3 is 2.36 bits per heavy atom. The maximum absolute atomic E-state index is 12.5. The first-order valence-corrected chi connectivity index (χ1v) is 9.85. The van der Waals surface area contributed by atoms with E-state index in [2.05, 4.69) is 5.32 Å². The average Bonchev–Trinajstić information content (AvgIpc) is 2.61. The van der Waals surface area contributed by atoms with E-state index in [4.69, 9.17) is 9.47 Å². The van der Waals surface area contributed by atoms with Gasteiger partial charge < -0.3 is 14.8 Å². The van der Waals surface area contributed by atoms with Gasteiger partial charge in [-0.25, -0.2) is 8.42 Å². The molecule has 1 amide bonds. The van der Waals surface area contributed by atoms with Crippen molar-refractivity contribution in [2.24, 2.45) is 5.92 Å². The lowest BCUT2D eigenvalue weighted by atomic mass is 10.1. The summed E-state index contributed by atoms with van der Waals surface area (Å²) in [6.07, 6.45) is 0. The Morgan fingerprint density at radius 2 is 1.80 bits per heavy atom. The van der Waals surface area contributed by atoms with E-state index in [1.807, 2.05) is 20.8 Å². The van der Waals surface area contributed by atoms with Crippen LogP contribution in [-0.4, -0.2) is 57.6 Å². The highest BCUT2D eigenvalue weighted by Crippen LogP contribution is 2.20. The molecule has 8 heteroatoms. The van der Waals surface area contributed by atoms with Crippen LogP contribution in [0.4, 0.5) is 0 Å². The van der Waals surface area contributed by atoms with Gasteiger partial charge in [-0.3, -0.25) is 4.79 Å². The van der Waals surface area contributed by atoms with Crippen LogP contribution in [0.1, 0.15) is 20.8 Å². The second-order valence-corrected chi connectivity index (χ2v) is 8.31. The van der Waals surface area contributed by atoms with Gasteiger partial charge in [0, 0.05) is 19.1 Å². The zero-order chi connectivity index (χ0) is 18.4. The number of nitrogens with one attached hydrogen (secondary N) is 1. The van der Waals surface area contributed by atoms with E-state index in [9.17, 15) is 13.2 Å². The fourth-order valence-corrected chi connectivity index (χ4v) is 3.66. The molecule has 0 radical (unpaired) electrons. The number of hydrogen-bond donors (Lipinski definition) is 1. The molecule has 1 atom stereocenters. The molecule has 0 unspecified atom stereocenters. The van der Waals surface area contributed by atoms with E-state index in [-0.39, 0.29) is 23.5 Å². The predicted octanol–water partition coefficient (Wildman–Crippen LogP) is 1.25. The van der Waals surface area contributed by atoms with Gasteiger partial charge in [0.25, 0.3) is 5.91 Å². The van der Waals surface area contributed by atoms with Gasteiger partial charge in [-0.05, 0) is 37.1 Å². The van der Waals surface area contributed by atoms with Crippen LogP contribution >= 0.6 is 0 Å². The highest BCUT2D eigenvalue weighted by molar-refractivity contribution is 7.89. The molecule has 1 saturated heterocycles. The largest absolute Gasteiger partial charge is 0.484 e. The molecule has 1 fully saturated rings. The molecule has 0 aromatic heterocycles. The molecule has 0 saturated carbocycles. The first-order chi connectivity index (χ1) is 11.8. The van der Waals surface area contributed by atoms with Gasteiger partial charge >= 0.3 is 0 Å². The van der Waals surface area contributed by atoms with Crippen molar-refractivity contribution in [3.63, 3.8) is 0 Å². The Kier molecular flexibility index (Phi) is 6.80. The molecular weight excluding hydrogens is 344 g/mol. The Hall–Kier alpha value is -1.64. The van der Waals surface area contributed by atoms with Gasteiger partial charge in [-0.2, -0.15) is 4.31 Å². The van der Waals surface area contributed by atoms with Crippen molar-refractivity contribution in [3.05, 3.63) is 24.3 Å². The maximum Gasteiger partial charge on any atom is 0.258 e. The van der Waals surface area contributed by atoms with Gasteiger partial charge in [0.05, 0.1) is 18.1 Å². The fourth-order valence-electron chi connectivity index (χ4n) is 2.26.